The third-order valence-electron chi connectivity index (χ3n) is 3.24. The Hall–Kier alpha value is -0.820. The number of amides is 1. The van der Waals surface area contributed by atoms with Crippen molar-refractivity contribution in [1.82, 2.24) is 10.6 Å². The normalized spacial score (nSPS) is 12.4. The van der Waals surface area contributed by atoms with Gasteiger partial charge in [-0.3, -0.25) is 9.35 Å². The van der Waals surface area contributed by atoms with Crippen LogP contribution in [0.5, 0.6) is 0 Å². The minimum atomic E-state index is -4.26. The number of carbonyl (C=O) groups excluding carboxylic acids is 1. The van der Waals surface area contributed by atoms with E-state index in [-0.39, 0.29) is 19.2 Å². The first-order valence-corrected chi connectivity index (χ1v) is 12.2. The molecule has 0 radical (unpaired) electrons. The van der Waals surface area contributed by atoms with Crippen molar-refractivity contribution in [2.75, 3.05) is 65.2 Å². The van der Waals surface area contributed by atoms with E-state index in [1.54, 1.807) is 13.8 Å². The molecule has 0 aromatic carbocycles. The highest BCUT2D eigenvalue weighted by Gasteiger charge is 2.24. The molecule has 0 spiro atoms. The van der Waals surface area contributed by atoms with E-state index in [0.29, 0.717) is 39.6 Å². The zero-order valence-corrected chi connectivity index (χ0v) is 20.0. The second kappa shape index (κ2) is 21.4. The van der Waals surface area contributed by atoms with Gasteiger partial charge in [0.05, 0.1) is 52.0 Å². The number of carbonyl (C=O) groups is 1. The summed E-state index contributed by atoms with van der Waals surface area (Å²) >= 11 is 0. The lowest BCUT2D eigenvalue weighted by Crippen LogP contribution is -2.51. The van der Waals surface area contributed by atoms with Crippen molar-refractivity contribution in [2.24, 2.45) is 0 Å². The standard InChI is InChI=1S/C17H36N2O8S.C2H6/c1-4-6-24-8-10-26-12-13-27-11-9-25-7-5-18-17(20)16(19-15(2)3)14-28(21,22)23;1-2/h15-16,19H,4-14H2,1-3H3,(H,18,20)(H,21,22,23);1-2H3. The molecule has 0 rings (SSSR count). The number of hydrogen-bond acceptors (Lipinski definition) is 8. The van der Waals surface area contributed by atoms with Crippen molar-refractivity contribution in [3.05, 3.63) is 0 Å². The summed E-state index contributed by atoms with van der Waals surface area (Å²) in [7, 11) is -4.26. The fourth-order valence-corrected chi connectivity index (χ4v) is 2.76. The third kappa shape index (κ3) is 23.5. The van der Waals surface area contributed by atoms with Crippen molar-refractivity contribution in [1.29, 1.82) is 0 Å². The molecule has 182 valence electrons. The van der Waals surface area contributed by atoms with Crippen molar-refractivity contribution in [3.63, 3.8) is 0 Å². The summed E-state index contributed by atoms with van der Waals surface area (Å²) in [6, 6.07) is -1.13. The van der Waals surface area contributed by atoms with E-state index in [2.05, 4.69) is 17.6 Å². The Labute approximate surface area is 182 Å². The van der Waals surface area contributed by atoms with Crippen molar-refractivity contribution < 1.29 is 36.7 Å². The van der Waals surface area contributed by atoms with Crippen LogP contribution in [0.15, 0.2) is 0 Å². The molecule has 0 aliphatic carbocycles. The van der Waals surface area contributed by atoms with E-state index < -0.39 is 27.8 Å². The van der Waals surface area contributed by atoms with E-state index in [1.165, 1.54) is 0 Å². The molecule has 11 heteroatoms. The van der Waals surface area contributed by atoms with Crippen molar-refractivity contribution in [3.8, 4) is 0 Å². The lowest BCUT2D eigenvalue weighted by atomic mass is 10.2. The second-order valence-corrected chi connectivity index (χ2v) is 7.86. The van der Waals surface area contributed by atoms with Crippen LogP contribution in [0.1, 0.15) is 41.0 Å². The van der Waals surface area contributed by atoms with Gasteiger partial charge in [0.1, 0.15) is 6.04 Å². The number of rotatable bonds is 19. The number of nitrogens with one attached hydrogen (secondary N) is 2. The van der Waals surface area contributed by atoms with Crippen LogP contribution >= 0.6 is 0 Å². The molecule has 30 heavy (non-hydrogen) atoms. The SMILES string of the molecule is CC.CCCOCCOCCOCCOCCNC(=O)C(CS(=O)(=O)O)NC(C)C. The van der Waals surface area contributed by atoms with Crippen LogP contribution in [-0.2, 0) is 33.9 Å². The minimum absolute atomic E-state index is 0.112. The Kier molecular flexibility index (Phi) is 22.4. The fourth-order valence-electron chi connectivity index (χ4n) is 2.09. The summed E-state index contributed by atoms with van der Waals surface area (Å²) in [6.45, 7) is 13.7. The molecule has 1 unspecified atom stereocenters. The Balaban J connectivity index is 0. The van der Waals surface area contributed by atoms with Crippen LogP contribution in [0, 0.1) is 0 Å². The Morgan fingerprint density at radius 3 is 1.70 bits per heavy atom. The first-order valence-electron chi connectivity index (χ1n) is 10.6. The highest BCUT2D eigenvalue weighted by Crippen LogP contribution is 1.94. The molecule has 0 heterocycles. The topological polar surface area (TPSA) is 132 Å². The van der Waals surface area contributed by atoms with Gasteiger partial charge in [-0.05, 0) is 6.42 Å². The van der Waals surface area contributed by atoms with Gasteiger partial charge in [-0.1, -0.05) is 34.6 Å². The average molecular weight is 459 g/mol. The molecule has 0 aliphatic rings. The molecule has 0 aromatic rings. The first kappa shape index (κ1) is 31.4. The molecule has 3 N–H and O–H groups in total. The second-order valence-electron chi connectivity index (χ2n) is 6.36. The third-order valence-corrected chi connectivity index (χ3v) is 3.99. The molecule has 0 fully saturated rings. The van der Waals surface area contributed by atoms with Gasteiger partial charge < -0.3 is 29.6 Å². The van der Waals surface area contributed by atoms with E-state index in [1.807, 2.05) is 13.8 Å². The number of hydrogen-bond donors (Lipinski definition) is 3. The summed E-state index contributed by atoms with van der Waals surface area (Å²) in [5.41, 5.74) is 0. The molecule has 0 aliphatic heterocycles. The smallest absolute Gasteiger partial charge is 0.266 e. The summed E-state index contributed by atoms with van der Waals surface area (Å²) in [5.74, 6) is -1.19. The van der Waals surface area contributed by atoms with Crippen LogP contribution in [0.4, 0.5) is 0 Å². The predicted molar refractivity (Wildman–Crippen MR) is 116 cm³/mol. The predicted octanol–water partition coefficient (Wildman–Crippen LogP) is 0.860. The van der Waals surface area contributed by atoms with Crippen LogP contribution < -0.4 is 10.6 Å². The highest BCUT2D eigenvalue weighted by atomic mass is 32.2. The van der Waals surface area contributed by atoms with Gasteiger partial charge in [-0.2, -0.15) is 8.42 Å². The Bertz CT molecular complexity index is 489. The van der Waals surface area contributed by atoms with Crippen LogP contribution in [0.25, 0.3) is 0 Å². The summed E-state index contributed by atoms with van der Waals surface area (Å²) in [5, 5.41) is 5.38. The lowest BCUT2D eigenvalue weighted by Gasteiger charge is -2.19. The summed E-state index contributed by atoms with van der Waals surface area (Å²) < 4.78 is 52.2. The molecule has 1 atom stereocenters. The van der Waals surface area contributed by atoms with Crippen LogP contribution in [0.2, 0.25) is 0 Å². The van der Waals surface area contributed by atoms with E-state index in [4.69, 9.17) is 23.5 Å². The molecule has 1 amide bonds. The van der Waals surface area contributed by atoms with Gasteiger partial charge in [0.25, 0.3) is 10.1 Å². The molecule has 0 saturated heterocycles. The molecular formula is C19H42N2O8S. The maximum Gasteiger partial charge on any atom is 0.266 e. The zero-order chi connectivity index (χ0) is 23.3. The molecule has 0 bridgehead atoms. The van der Waals surface area contributed by atoms with Crippen molar-refractivity contribution >= 4 is 16.0 Å². The average Bonchev–Trinajstić information content (AvgIpc) is 2.67. The molecular weight excluding hydrogens is 416 g/mol. The lowest BCUT2D eigenvalue weighted by molar-refractivity contribution is -0.123. The Morgan fingerprint density at radius 1 is 0.867 bits per heavy atom. The summed E-state index contributed by atoms with van der Waals surface area (Å²) in [4.78, 5) is 12.0. The first-order chi connectivity index (χ1) is 14.3. The maximum absolute atomic E-state index is 12.0. The van der Waals surface area contributed by atoms with Gasteiger partial charge in [-0.25, -0.2) is 0 Å². The van der Waals surface area contributed by atoms with E-state index >= 15 is 0 Å². The number of ether oxygens (including phenoxy) is 4. The minimum Gasteiger partial charge on any atom is -0.379 e. The largest absolute Gasteiger partial charge is 0.379 e. The summed E-state index contributed by atoms with van der Waals surface area (Å²) in [6.07, 6.45) is 0.993. The van der Waals surface area contributed by atoms with Gasteiger partial charge in [0.15, 0.2) is 0 Å². The van der Waals surface area contributed by atoms with Crippen LogP contribution in [-0.4, -0.2) is 96.1 Å². The molecule has 0 saturated carbocycles. The van der Waals surface area contributed by atoms with Gasteiger partial charge in [0, 0.05) is 19.2 Å². The molecule has 10 nitrogen and oxygen atoms in total. The monoisotopic (exact) mass is 458 g/mol. The van der Waals surface area contributed by atoms with Gasteiger partial charge in [-0.15, -0.1) is 0 Å². The quantitative estimate of drug-likeness (QED) is 0.190. The fraction of sp³-hybridized carbons (Fsp3) is 0.947. The zero-order valence-electron chi connectivity index (χ0n) is 19.1. The Morgan fingerprint density at radius 2 is 1.30 bits per heavy atom. The van der Waals surface area contributed by atoms with Gasteiger partial charge in [0.2, 0.25) is 5.91 Å². The van der Waals surface area contributed by atoms with Crippen LogP contribution in [0.3, 0.4) is 0 Å². The molecule has 0 aromatic heterocycles. The van der Waals surface area contributed by atoms with E-state index in [9.17, 15) is 13.2 Å². The van der Waals surface area contributed by atoms with Gasteiger partial charge >= 0.3 is 0 Å². The van der Waals surface area contributed by atoms with E-state index in [0.717, 1.165) is 13.0 Å². The maximum atomic E-state index is 12.0. The van der Waals surface area contributed by atoms with Crippen molar-refractivity contribution in [2.45, 2.75) is 53.1 Å². The highest BCUT2D eigenvalue weighted by molar-refractivity contribution is 7.85.